The fourth-order valence-electron chi connectivity index (χ4n) is 2.29. The van der Waals surface area contributed by atoms with Gasteiger partial charge in [-0.2, -0.15) is 0 Å². The smallest absolute Gasteiger partial charge is 0.0223 e. The molecule has 2 atom stereocenters. The molecule has 0 aliphatic rings. The summed E-state index contributed by atoms with van der Waals surface area (Å²) >= 11 is 0. The minimum Gasteiger partial charge on any atom is -0.318 e. The minimum atomic E-state index is 0.719. The largest absolute Gasteiger partial charge is 0.318 e. The van der Waals surface area contributed by atoms with Crippen LogP contribution < -0.4 is 5.32 Å². The van der Waals surface area contributed by atoms with Crippen LogP contribution in [0.15, 0.2) is 0 Å². The molecule has 0 aliphatic carbocycles. The van der Waals surface area contributed by atoms with Crippen molar-refractivity contribution in [3.05, 3.63) is 0 Å². The molecule has 0 aliphatic heterocycles. The second kappa shape index (κ2) is 10.1. The Morgan fingerprint density at radius 1 is 1.12 bits per heavy atom. The lowest BCUT2D eigenvalue weighted by molar-refractivity contribution is 0.128. The fourth-order valence-corrected chi connectivity index (χ4v) is 2.29. The van der Waals surface area contributed by atoms with Crippen LogP contribution in [0.25, 0.3) is 0 Å². The van der Waals surface area contributed by atoms with Gasteiger partial charge < -0.3 is 5.32 Å². The SMILES string of the molecule is CCCCN(C(C)CC)C(CCC)CNC. The third-order valence-corrected chi connectivity index (χ3v) is 3.46. The summed E-state index contributed by atoms with van der Waals surface area (Å²) in [6.45, 7) is 11.6. The van der Waals surface area contributed by atoms with Crippen molar-refractivity contribution in [2.24, 2.45) is 0 Å². The van der Waals surface area contributed by atoms with Crippen LogP contribution in [-0.4, -0.2) is 37.1 Å². The monoisotopic (exact) mass is 228 g/mol. The van der Waals surface area contributed by atoms with E-state index in [1.807, 2.05) is 0 Å². The van der Waals surface area contributed by atoms with Crippen molar-refractivity contribution in [3.63, 3.8) is 0 Å². The lowest BCUT2D eigenvalue weighted by Crippen LogP contribution is -2.46. The third-order valence-electron chi connectivity index (χ3n) is 3.46. The highest BCUT2D eigenvalue weighted by molar-refractivity contribution is 4.77. The number of nitrogens with zero attached hydrogens (tertiary/aromatic N) is 1. The highest BCUT2D eigenvalue weighted by atomic mass is 15.2. The second-order valence-electron chi connectivity index (χ2n) is 4.85. The number of rotatable bonds is 10. The first-order valence-electron chi connectivity index (χ1n) is 7.11. The lowest BCUT2D eigenvalue weighted by atomic mass is 10.1. The van der Waals surface area contributed by atoms with Gasteiger partial charge in [-0.05, 0) is 39.8 Å². The molecule has 0 saturated heterocycles. The van der Waals surface area contributed by atoms with E-state index >= 15 is 0 Å². The average molecular weight is 228 g/mol. The Balaban J connectivity index is 4.38. The van der Waals surface area contributed by atoms with Crippen LogP contribution in [0.5, 0.6) is 0 Å². The maximum atomic E-state index is 3.35. The van der Waals surface area contributed by atoms with E-state index in [0.717, 1.165) is 18.6 Å². The molecule has 2 nitrogen and oxygen atoms in total. The molecule has 2 heteroatoms. The quantitative estimate of drug-likeness (QED) is 0.617. The van der Waals surface area contributed by atoms with Gasteiger partial charge in [0.1, 0.15) is 0 Å². The summed E-state index contributed by atoms with van der Waals surface area (Å²) in [4.78, 5) is 2.71. The van der Waals surface area contributed by atoms with Gasteiger partial charge in [0.05, 0.1) is 0 Å². The summed E-state index contributed by atoms with van der Waals surface area (Å²) in [5.74, 6) is 0. The summed E-state index contributed by atoms with van der Waals surface area (Å²) < 4.78 is 0. The van der Waals surface area contributed by atoms with Crippen molar-refractivity contribution in [1.29, 1.82) is 0 Å². The van der Waals surface area contributed by atoms with Crippen LogP contribution >= 0.6 is 0 Å². The first-order valence-corrected chi connectivity index (χ1v) is 7.11. The number of hydrogen-bond acceptors (Lipinski definition) is 2. The fraction of sp³-hybridized carbons (Fsp3) is 1.00. The van der Waals surface area contributed by atoms with E-state index < -0.39 is 0 Å². The maximum Gasteiger partial charge on any atom is 0.0223 e. The molecule has 1 N–H and O–H groups in total. The van der Waals surface area contributed by atoms with Crippen molar-refractivity contribution in [3.8, 4) is 0 Å². The second-order valence-corrected chi connectivity index (χ2v) is 4.85. The molecule has 0 spiro atoms. The highest BCUT2D eigenvalue weighted by Crippen LogP contribution is 2.14. The first kappa shape index (κ1) is 15.9. The molecule has 0 aromatic heterocycles. The summed E-state index contributed by atoms with van der Waals surface area (Å²) in [7, 11) is 2.07. The van der Waals surface area contributed by atoms with Gasteiger partial charge in [-0.15, -0.1) is 0 Å². The molecule has 0 radical (unpaired) electrons. The first-order chi connectivity index (χ1) is 7.71. The van der Waals surface area contributed by atoms with Crippen molar-refractivity contribution in [2.75, 3.05) is 20.1 Å². The Morgan fingerprint density at radius 2 is 1.81 bits per heavy atom. The van der Waals surface area contributed by atoms with Crippen molar-refractivity contribution in [2.45, 2.75) is 71.9 Å². The Morgan fingerprint density at radius 3 is 2.25 bits per heavy atom. The van der Waals surface area contributed by atoms with Crippen LogP contribution in [-0.2, 0) is 0 Å². The molecule has 2 unspecified atom stereocenters. The molecule has 0 aromatic carbocycles. The van der Waals surface area contributed by atoms with Gasteiger partial charge in [0.15, 0.2) is 0 Å². The molecule has 0 amide bonds. The van der Waals surface area contributed by atoms with Gasteiger partial charge in [-0.1, -0.05) is 33.6 Å². The number of likely N-dealkylation sites (N-methyl/N-ethyl adjacent to an activating group) is 1. The van der Waals surface area contributed by atoms with Gasteiger partial charge >= 0.3 is 0 Å². The predicted octanol–water partition coefficient (Wildman–Crippen LogP) is 3.28. The van der Waals surface area contributed by atoms with Gasteiger partial charge in [0.2, 0.25) is 0 Å². The average Bonchev–Trinajstić information content (AvgIpc) is 2.29. The van der Waals surface area contributed by atoms with Gasteiger partial charge in [0, 0.05) is 18.6 Å². The molecule has 0 aromatic rings. The lowest BCUT2D eigenvalue weighted by Gasteiger charge is -2.36. The van der Waals surface area contributed by atoms with Crippen LogP contribution in [0, 0.1) is 0 Å². The minimum absolute atomic E-state index is 0.719. The van der Waals surface area contributed by atoms with E-state index in [-0.39, 0.29) is 0 Å². The predicted molar refractivity (Wildman–Crippen MR) is 74.0 cm³/mol. The van der Waals surface area contributed by atoms with Crippen LogP contribution in [0.4, 0.5) is 0 Å². The summed E-state index contributed by atoms with van der Waals surface area (Å²) in [6.07, 6.45) is 6.48. The van der Waals surface area contributed by atoms with Crippen LogP contribution in [0.1, 0.15) is 59.8 Å². The highest BCUT2D eigenvalue weighted by Gasteiger charge is 2.20. The van der Waals surface area contributed by atoms with E-state index in [9.17, 15) is 0 Å². The molecule has 0 fully saturated rings. The normalized spacial score (nSPS) is 15.4. The van der Waals surface area contributed by atoms with Crippen LogP contribution in [0.2, 0.25) is 0 Å². The van der Waals surface area contributed by atoms with E-state index in [0.29, 0.717) is 0 Å². The van der Waals surface area contributed by atoms with Crippen LogP contribution in [0.3, 0.4) is 0 Å². The number of unbranched alkanes of at least 4 members (excludes halogenated alkanes) is 1. The standard InChI is InChI=1S/C14H32N2/c1-6-9-11-16(13(4)8-3)14(10-7-2)12-15-5/h13-15H,6-12H2,1-5H3. The molecule has 0 bridgehead atoms. The molecule has 16 heavy (non-hydrogen) atoms. The van der Waals surface area contributed by atoms with Crippen molar-refractivity contribution in [1.82, 2.24) is 10.2 Å². The summed E-state index contributed by atoms with van der Waals surface area (Å²) in [5, 5.41) is 3.35. The summed E-state index contributed by atoms with van der Waals surface area (Å²) in [6, 6.07) is 1.44. The maximum absolute atomic E-state index is 3.35. The molecular weight excluding hydrogens is 196 g/mol. The number of hydrogen-bond donors (Lipinski definition) is 1. The molecule has 0 rings (SSSR count). The molecular formula is C14H32N2. The van der Waals surface area contributed by atoms with E-state index in [4.69, 9.17) is 0 Å². The third kappa shape index (κ3) is 5.86. The van der Waals surface area contributed by atoms with Crippen molar-refractivity contribution < 1.29 is 0 Å². The molecule has 0 saturated carbocycles. The van der Waals surface area contributed by atoms with E-state index in [2.05, 4.69) is 45.0 Å². The van der Waals surface area contributed by atoms with Crippen molar-refractivity contribution >= 4 is 0 Å². The molecule has 98 valence electrons. The van der Waals surface area contributed by atoms with E-state index in [1.165, 1.54) is 38.6 Å². The topological polar surface area (TPSA) is 15.3 Å². The van der Waals surface area contributed by atoms with Gasteiger partial charge in [0.25, 0.3) is 0 Å². The Bertz CT molecular complexity index is 142. The zero-order valence-electron chi connectivity index (χ0n) is 12.1. The molecule has 0 heterocycles. The van der Waals surface area contributed by atoms with Gasteiger partial charge in [-0.3, -0.25) is 4.90 Å². The number of nitrogens with one attached hydrogen (secondary N) is 1. The Kier molecular flexibility index (Phi) is 10.0. The zero-order valence-corrected chi connectivity index (χ0v) is 12.1. The Hall–Kier alpha value is -0.0800. The van der Waals surface area contributed by atoms with E-state index in [1.54, 1.807) is 0 Å². The zero-order chi connectivity index (χ0) is 12.4. The van der Waals surface area contributed by atoms with Gasteiger partial charge in [-0.25, -0.2) is 0 Å². The Labute approximate surface area is 103 Å². The summed E-state index contributed by atoms with van der Waals surface area (Å²) in [5.41, 5.74) is 0.